The molecule has 0 aliphatic carbocycles. The molecule has 0 spiro atoms. The Morgan fingerprint density at radius 2 is 2.00 bits per heavy atom. The predicted molar refractivity (Wildman–Crippen MR) is 31.8 cm³/mol. The lowest BCUT2D eigenvalue weighted by atomic mass is 10.4. The highest BCUT2D eigenvalue weighted by molar-refractivity contribution is 4.84. The summed E-state index contributed by atoms with van der Waals surface area (Å²) in [6.07, 6.45) is 0.938. The molecule has 7 heavy (non-hydrogen) atoms. The molecule has 0 heterocycles. The molecule has 0 atom stereocenters. The van der Waals surface area contributed by atoms with Gasteiger partial charge in [0.1, 0.15) is 0 Å². The molecule has 0 unspecified atom stereocenters. The van der Waals surface area contributed by atoms with Crippen molar-refractivity contribution in [3.05, 3.63) is 12.3 Å². The van der Waals surface area contributed by atoms with Crippen LogP contribution in [-0.2, 0) is 0 Å². The summed E-state index contributed by atoms with van der Waals surface area (Å²) in [4.78, 5) is 1.92. The van der Waals surface area contributed by atoms with E-state index in [2.05, 4.69) is 0 Å². The summed E-state index contributed by atoms with van der Waals surface area (Å²) in [6.45, 7) is 7.50. The topological polar surface area (TPSA) is 3.24 Å². The van der Waals surface area contributed by atoms with E-state index in [0.29, 0.717) is 0 Å². The molecule has 0 bridgehead atoms. The van der Waals surface area contributed by atoms with Gasteiger partial charge in [0.2, 0.25) is 0 Å². The molecule has 0 aliphatic rings. The summed E-state index contributed by atoms with van der Waals surface area (Å²) >= 11 is 0. The standard InChI is InChI=1S/C6H12N/c1-5-6(2)7(3)4/h2H,5H2,1,3-4H3. The number of hydrogen-bond acceptors (Lipinski definition) is 1. The van der Waals surface area contributed by atoms with E-state index in [4.69, 9.17) is 6.58 Å². The second kappa shape index (κ2) is 2.67. The quantitative estimate of drug-likeness (QED) is 0.503. The first-order valence-corrected chi connectivity index (χ1v) is 2.47. The summed E-state index contributed by atoms with van der Waals surface area (Å²) in [5.74, 6) is 0. The summed E-state index contributed by atoms with van der Waals surface area (Å²) in [6, 6.07) is 0. The van der Waals surface area contributed by atoms with E-state index < -0.39 is 0 Å². The van der Waals surface area contributed by atoms with Gasteiger partial charge in [-0.2, -0.15) is 0 Å². The molecule has 0 aliphatic heterocycles. The molecule has 1 heteroatoms. The van der Waals surface area contributed by atoms with E-state index >= 15 is 0 Å². The molecule has 1 nitrogen and oxygen atoms in total. The van der Waals surface area contributed by atoms with Crippen molar-refractivity contribution in [2.75, 3.05) is 14.1 Å². The Hall–Kier alpha value is -0.460. The summed E-state index contributed by atoms with van der Waals surface area (Å²) in [5, 5.41) is 0. The van der Waals surface area contributed by atoms with Crippen molar-refractivity contribution in [2.24, 2.45) is 0 Å². The highest BCUT2D eigenvalue weighted by Gasteiger charge is 1.87. The first-order chi connectivity index (χ1) is 3.18. The summed E-state index contributed by atoms with van der Waals surface area (Å²) in [5.41, 5.74) is 0.931. The van der Waals surface area contributed by atoms with Gasteiger partial charge in [0.05, 0.1) is 0 Å². The average Bonchev–Trinajstić information content (AvgIpc) is 1.65. The van der Waals surface area contributed by atoms with Gasteiger partial charge >= 0.3 is 0 Å². The molecular formula is C6H12N. The van der Waals surface area contributed by atoms with Crippen molar-refractivity contribution in [2.45, 2.75) is 13.3 Å². The van der Waals surface area contributed by atoms with Crippen LogP contribution in [0.15, 0.2) is 5.70 Å². The van der Waals surface area contributed by atoms with Gasteiger partial charge in [-0.15, -0.1) is 0 Å². The van der Waals surface area contributed by atoms with Gasteiger partial charge in [-0.25, -0.2) is 0 Å². The lowest BCUT2D eigenvalue weighted by Crippen LogP contribution is -2.08. The first kappa shape index (κ1) is 6.54. The van der Waals surface area contributed by atoms with Gasteiger partial charge in [-0.05, 0) is 13.0 Å². The third-order valence-electron chi connectivity index (χ3n) is 0.937. The van der Waals surface area contributed by atoms with Crippen LogP contribution in [0.3, 0.4) is 0 Å². The Bertz CT molecular complexity index is 64.6. The molecule has 41 valence electrons. The third-order valence-corrected chi connectivity index (χ3v) is 0.937. The van der Waals surface area contributed by atoms with E-state index in [1.165, 1.54) is 0 Å². The minimum atomic E-state index is 0.931. The van der Waals surface area contributed by atoms with Crippen LogP contribution >= 0.6 is 0 Å². The van der Waals surface area contributed by atoms with Crippen molar-refractivity contribution < 1.29 is 0 Å². The van der Waals surface area contributed by atoms with Crippen LogP contribution in [0.4, 0.5) is 0 Å². The smallest absolute Gasteiger partial charge is 0.0125 e. The maximum atomic E-state index is 5.46. The van der Waals surface area contributed by atoms with Gasteiger partial charge < -0.3 is 4.90 Å². The first-order valence-electron chi connectivity index (χ1n) is 2.47. The molecule has 0 rings (SSSR count). The van der Waals surface area contributed by atoms with Gasteiger partial charge in [-0.3, -0.25) is 0 Å². The molecule has 0 N–H and O–H groups in total. The zero-order valence-electron chi connectivity index (χ0n) is 5.23. The fourth-order valence-corrected chi connectivity index (χ4v) is 0.316. The maximum absolute atomic E-state index is 5.46. The minimum Gasteiger partial charge on any atom is -0.381 e. The van der Waals surface area contributed by atoms with E-state index in [0.717, 1.165) is 12.1 Å². The fourth-order valence-electron chi connectivity index (χ4n) is 0.316. The summed E-state index contributed by atoms with van der Waals surface area (Å²) < 4.78 is 0. The third kappa shape index (κ3) is 2.26. The van der Waals surface area contributed by atoms with Crippen LogP contribution < -0.4 is 0 Å². The molecule has 1 radical (unpaired) electrons. The molecule has 0 aromatic carbocycles. The Kier molecular flexibility index (Phi) is 2.49. The van der Waals surface area contributed by atoms with E-state index in [1.54, 1.807) is 0 Å². The molecular weight excluding hydrogens is 86.1 g/mol. The van der Waals surface area contributed by atoms with E-state index in [1.807, 2.05) is 25.9 Å². The van der Waals surface area contributed by atoms with Crippen LogP contribution in [0, 0.1) is 6.58 Å². The highest BCUT2D eigenvalue weighted by atomic mass is 15.1. The Morgan fingerprint density at radius 1 is 1.57 bits per heavy atom. The number of hydrogen-bond donors (Lipinski definition) is 0. The zero-order chi connectivity index (χ0) is 5.86. The Balaban J connectivity index is 3.35. The van der Waals surface area contributed by atoms with Gasteiger partial charge in [0, 0.05) is 19.8 Å². The predicted octanol–water partition coefficient (Wildman–Crippen LogP) is 1.27. The van der Waals surface area contributed by atoms with Crippen LogP contribution in [-0.4, -0.2) is 19.0 Å². The molecule has 0 saturated heterocycles. The average molecular weight is 98.2 g/mol. The number of allylic oxidation sites excluding steroid dienone is 1. The monoisotopic (exact) mass is 98.1 g/mol. The number of rotatable bonds is 2. The molecule has 0 amide bonds. The lowest BCUT2D eigenvalue weighted by molar-refractivity contribution is 0.495. The SMILES string of the molecule is [CH]=C(CC)N(C)C. The normalized spacial score (nSPS) is 8.43. The second-order valence-corrected chi connectivity index (χ2v) is 1.74. The van der Waals surface area contributed by atoms with Crippen LogP contribution in [0.5, 0.6) is 0 Å². The van der Waals surface area contributed by atoms with Crippen LogP contribution in [0.25, 0.3) is 0 Å². The molecule has 0 fully saturated rings. The van der Waals surface area contributed by atoms with Crippen LogP contribution in [0.2, 0.25) is 0 Å². The largest absolute Gasteiger partial charge is 0.381 e. The zero-order valence-corrected chi connectivity index (χ0v) is 5.23. The Labute approximate surface area is 45.6 Å². The maximum Gasteiger partial charge on any atom is 0.0125 e. The van der Waals surface area contributed by atoms with Crippen molar-refractivity contribution in [1.29, 1.82) is 0 Å². The van der Waals surface area contributed by atoms with Crippen LogP contribution in [0.1, 0.15) is 13.3 Å². The van der Waals surface area contributed by atoms with Gasteiger partial charge in [-0.1, -0.05) is 6.92 Å². The van der Waals surface area contributed by atoms with E-state index in [-0.39, 0.29) is 0 Å². The lowest BCUT2D eigenvalue weighted by Gasteiger charge is -2.11. The van der Waals surface area contributed by atoms with Gasteiger partial charge in [0.15, 0.2) is 0 Å². The van der Waals surface area contributed by atoms with Crippen molar-refractivity contribution >= 4 is 0 Å². The number of nitrogens with zero attached hydrogens (tertiary/aromatic N) is 1. The fraction of sp³-hybridized carbons (Fsp3) is 0.667. The minimum absolute atomic E-state index is 0.931. The van der Waals surface area contributed by atoms with Crippen molar-refractivity contribution in [3.8, 4) is 0 Å². The van der Waals surface area contributed by atoms with Crippen molar-refractivity contribution in [3.63, 3.8) is 0 Å². The Morgan fingerprint density at radius 3 is 2.00 bits per heavy atom. The molecule has 0 aromatic rings. The molecule has 0 aromatic heterocycles. The van der Waals surface area contributed by atoms with E-state index in [9.17, 15) is 0 Å². The molecule has 0 saturated carbocycles. The highest BCUT2D eigenvalue weighted by Crippen LogP contribution is 1.96. The second-order valence-electron chi connectivity index (χ2n) is 1.74. The van der Waals surface area contributed by atoms with Crippen molar-refractivity contribution in [1.82, 2.24) is 4.90 Å². The van der Waals surface area contributed by atoms with Gasteiger partial charge in [0.25, 0.3) is 0 Å². The summed E-state index contributed by atoms with van der Waals surface area (Å²) in [7, 11) is 3.89.